The zero-order valence-corrected chi connectivity index (χ0v) is 14.2. The molecular weight excluding hydrogens is 379 g/mol. The van der Waals surface area contributed by atoms with Gasteiger partial charge in [0.05, 0.1) is 22.8 Å². The van der Waals surface area contributed by atoms with Gasteiger partial charge in [0.2, 0.25) is 5.88 Å². The fourth-order valence-electron chi connectivity index (χ4n) is 2.90. The number of nitrogens with one attached hydrogen (secondary N) is 1. The monoisotopic (exact) mass is 395 g/mol. The topological polar surface area (TPSA) is 118 Å². The zero-order chi connectivity index (χ0) is 19.2. The number of ether oxygens (including phenoxy) is 1. The van der Waals surface area contributed by atoms with Crippen molar-refractivity contribution >= 4 is 22.8 Å². The van der Waals surface area contributed by atoms with Crippen molar-refractivity contribution in [3.8, 4) is 5.75 Å². The maximum absolute atomic E-state index is 12.3. The van der Waals surface area contributed by atoms with Crippen LogP contribution in [0.15, 0.2) is 65.1 Å². The van der Waals surface area contributed by atoms with E-state index in [2.05, 4.69) is 15.3 Å². The lowest BCUT2D eigenvalue weighted by Gasteiger charge is -2.28. The minimum absolute atomic E-state index is 0. The standard InChI is InChI=1S/C17H14F3N5O2.H2O/c18-17(19,20)27-11-7-5-10(6-8-11)24-16(26)15-13(9-21)22-12-3-1-2-4-14(12)25(15)23-24;/h1-8,23,26H,9,21H2;1H2. The number of hydrogen-bond acceptors (Lipinski definition) is 7. The van der Waals surface area contributed by atoms with E-state index in [1.807, 2.05) is 24.3 Å². The summed E-state index contributed by atoms with van der Waals surface area (Å²) in [6, 6.07) is 12.4. The molecule has 28 heavy (non-hydrogen) atoms. The quantitative estimate of drug-likeness (QED) is 0.734. The van der Waals surface area contributed by atoms with Crippen molar-refractivity contribution in [1.82, 2.24) is 5.53 Å². The lowest BCUT2D eigenvalue weighted by atomic mass is 10.1. The highest BCUT2D eigenvalue weighted by Crippen LogP contribution is 2.39. The van der Waals surface area contributed by atoms with Crippen molar-refractivity contribution in [3.63, 3.8) is 0 Å². The average Bonchev–Trinajstić information content (AvgIpc) is 2.98. The minimum Gasteiger partial charge on any atom is -0.492 e. The predicted octanol–water partition coefficient (Wildman–Crippen LogP) is 2.28. The molecule has 2 heterocycles. The summed E-state index contributed by atoms with van der Waals surface area (Å²) in [5, 5.41) is 13.6. The Labute approximate surface area is 157 Å². The summed E-state index contributed by atoms with van der Waals surface area (Å²) in [5.41, 5.74) is 11.4. The highest BCUT2D eigenvalue weighted by molar-refractivity contribution is 6.10. The number of benzene rings is 2. The maximum atomic E-state index is 12.3. The molecule has 11 heteroatoms. The van der Waals surface area contributed by atoms with Gasteiger partial charge in [0, 0.05) is 6.54 Å². The Bertz CT molecular complexity index is 944. The molecule has 0 saturated carbocycles. The van der Waals surface area contributed by atoms with Gasteiger partial charge in [-0.2, -0.15) is 0 Å². The number of nitrogens with two attached hydrogens (primary N) is 1. The summed E-state index contributed by atoms with van der Waals surface area (Å²) in [6.45, 7) is 0.0953. The van der Waals surface area contributed by atoms with Gasteiger partial charge >= 0.3 is 6.36 Å². The normalized spacial score (nSPS) is 15.6. The Morgan fingerprint density at radius 1 is 1.07 bits per heavy atom. The minimum atomic E-state index is -4.77. The first-order valence-corrected chi connectivity index (χ1v) is 7.90. The first-order chi connectivity index (χ1) is 12.9. The molecule has 6 N–H and O–H groups in total. The summed E-state index contributed by atoms with van der Waals surface area (Å²) in [6.07, 6.45) is -4.77. The van der Waals surface area contributed by atoms with Gasteiger partial charge in [-0.3, -0.25) is 0 Å². The van der Waals surface area contributed by atoms with Crippen LogP contribution in [-0.4, -0.2) is 29.2 Å². The highest BCUT2D eigenvalue weighted by Gasteiger charge is 2.37. The number of aliphatic imine (C=N–C) groups is 1. The fourth-order valence-corrected chi connectivity index (χ4v) is 2.90. The number of rotatable bonds is 3. The number of hydrogen-bond donors (Lipinski definition) is 3. The van der Waals surface area contributed by atoms with Gasteiger partial charge in [-0.05, 0) is 36.4 Å². The fraction of sp³-hybridized carbons (Fsp3) is 0.118. The van der Waals surface area contributed by atoms with Crippen LogP contribution in [0.1, 0.15) is 0 Å². The van der Waals surface area contributed by atoms with E-state index < -0.39 is 6.36 Å². The summed E-state index contributed by atoms with van der Waals surface area (Å²) < 4.78 is 40.8. The van der Waals surface area contributed by atoms with Gasteiger partial charge in [-0.15, -0.1) is 18.7 Å². The second-order valence-electron chi connectivity index (χ2n) is 5.74. The molecule has 0 bridgehead atoms. The Balaban J connectivity index is 0.00000225. The second-order valence-corrected chi connectivity index (χ2v) is 5.74. The second kappa shape index (κ2) is 7.03. The number of nitrogens with zero attached hydrogens (tertiary/aromatic N) is 3. The number of para-hydroxylation sites is 2. The number of hydrazine groups is 2. The summed E-state index contributed by atoms with van der Waals surface area (Å²) >= 11 is 0. The van der Waals surface area contributed by atoms with Crippen LogP contribution < -0.4 is 26.0 Å². The molecule has 0 amide bonds. The Morgan fingerprint density at radius 2 is 1.75 bits per heavy atom. The molecule has 0 fully saturated rings. The smallest absolute Gasteiger partial charge is 0.492 e. The first-order valence-electron chi connectivity index (χ1n) is 7.90. The summed E-state index contributed by atoms with van der Waals surface area (Å²) in [7, 11) is 0. The van der Waals surface area contributed by atoms with Crippen molar-refractivity contribution in [3.05, 3.63) is 60.1 Å². The van der Waals surface area contributed by atoms with Crippen molar-refractivity contribution in [2.45, 2.75) is 6.36 Å². The van der Waals surface area contributed by atoms with E-state index in [1.165, 1.54) is 17.1 Å². The zero-order valence-electron chi connectivity index (χ0n) is 14.2. The SMILES string of the molecule is NCC1=Nc2ccccc2N2NN(c3ccc(OC(F)(F)F)cc3)C(O)=C12.O. The average molecular weight is 395 g/mol. The van der Waals surface area contributed by atoms with E-state index in [4.69, 9.17) is 5.73 Å². The third-order valence-corrected chi connectivity index (χ3v) is 4.02. The van der Waals surface area contributed by atoms with Crippen molar-refractivity contribution < 1.29 is 28.5 Å². The van der Waals surface area contributed by atoms with Gasteiger partial charge in [0.1, 0.15) is 11.4 Å². The van der Waals surface area contributed by atoms with Crippen LogP contribution >= 0.6 is 0 Å². The summed E-state index contributed by atoms with van der Waals surface area (Å²) in [4.78, 5) is 4.46. The lowest BCUT2D eigenvalue weighted by Crippen LogP contribution is -2.44. The lowest BCUT2D eigenvalue weighted by molar-refractivity contribution is -0.274. The van der Waals surface area contributed by atoms with Gasteiger partial charge in [-0.1, -0.05) is 12.1 Å². The Hall–Kier alpha value is -3.28. The maximum Gasteiger partial charge on any atom is 0.573 e. The molecule has 8 nitrogen and oxygen atoms in total. The van der Waals surface area contributed by atoms with E-state index in [-0.39, 0.29) is 23.7 Å². The number of alkyl halides is 3. The number of halogens is 3. The number of anilines is 2. The van der Waals surface area contributed by atoms with Crippen LogP contribution in [-0.2, 0) is 0 Å². The molecule has 0 saturated heterocycles. The molecule has 0 radical (unpaired) electrons. The van der Waals surface area contributed by atoms with Crippen LogP contribution in [0.5, 0.6) is 5.75 Å². The van der Waals surface area contributed by atoms with E-state index in [9.17, 15) is 18.3 Å². The van der Waals surface area contributed by atoms with Crippen LogP contribution in [0.2, 0.25) is 0 Å². The van der Waals surface area contributed by atoms with E-state index >= 15 is 0 Å². The first kappa shape index (κ1) is 19.5. The third-order valence-electron chi connectivity index (χ3n) is 4.02. The van der Waals surface area contributed by atoms with Crippen LogP contribution in [0.3, 0.4) is 0 Å². The van der Waals surface area contributed by atoms with Crippen LogP contribution in [0, 0.1) is 0 Å². The van der Waals surface area contributed by atoms with Crippen molar-refractivity contribution in [2.75, 3.05) is 16.6 Å². The molecule has 148 valence electrons. The van der Waals surface area contributed by atoms with Crippen molar-refractivity contribution in [1.29, 1.82) is 0 Å². The molecule has 0 aromatic heterocycles. The molecule has 4 rings (SSSR count). The molecule has 2 aromatic carbocycles. The largest absolute Gasteiger partial charge is 0.573 e. The predicted molar refractivity (Wildman–Crippen MR) is 97.1 cm³/mol. The third kappa shape index (κ3) is 3.33. The van der Waals surface area contributed by atoms with Gasteiger partial charge in [-0.25, -0.2) is 15.0 Å². The van der Waals surface area contributed by atoms with Gasteiger partial charge < -0.3 is 21.1 Å². The number of aliphatic hydroxyl groups excluding tert-OH is 1. The molecule has 2 aromatic rings. The number of fused-ring (bicyclic) bond motifs is 3. The molecule has 0 atom stereocenters. The molecule has 0 spiro atoms. The highest BCUT2D eigenvalue weighted by atomic mass is 19.4. The van der Waals surface area contributed by atoms with E-state index in [0.29, 0.717) is 28.5 Å². The van der Waals surface area contributed by atoms with Crippen molar-refractivity contribution in [2.24, 2.45) is 10.7 Å². The molecule has 2 aliphatic rings. The van der Waals surface area contributed by atoms with Crippen LogP contribution in [0.4, 0.5) is 30.2 Å². The van der Waals surface area contributed by atoms with E-state index in [0.717, 1.165) is 12.1 Å². The van der Waals surface area contributed by atoms with E-state index in [1.54, 1.807) is 5.01 Å². The molecular formula is C17H16F3N5O3. The molecule has 0 unspecified atom stereocenters. The molecule has 0 aliphatic carbocycles. The Morgan fingerprint density at radius 3 is 2.39 bits per heavy atom. The summed E-state index contributed by atoms with van der Waals surface area (Å²) in [5.74, 6) is -0.525. The molecule has 2 aliphatic heterocycles. The van der Waals surface area contributed by atoms with Gasteiger partial charge in [0.25, 0.3) is 0 Å². The number of aliphatic hydroxyl groups is 1. The Kier molecular flexibility index (Phi) is 4.89. The van der Waals surface area contributed by atoms with Gasteiger partial charge in [0.15, 0.2) is 0 Å². The van der Waals surface area contributed by atoms with Crippen LogP contribution in [0.25, 0.3) is 0 Å².